The standard InChI is InChI=1S/C19H28O5S/c1-3-4-5-6-7-8-9-17-18(14-19(20)23-17)24-25(21,22)16-12-10-15(2)11-13-16/h7-8,10-13,17-20H,3-6,9,14H2,1-2H3/b8-7-/t17-,18+,19?/m1/s1. The summed E-state index contributed by atoms with van der Waals surface area (Å²) in [6, 6.07) is 6.51. The normalized spacial score (nSPS) is 24.2. The van der Waals surface area contributed by atoms with Crippen LogP contribution in [0.2, 0.25) is 0 Å². The van der Waals surface area contributed by atoms with Gasteiger partial charge in [-0.05, 0) is 38.3 Å². The minimum absolute atomic E-state index is 0.119. The van der Waals surface area contributed by atoms with Crippen molar-refractivity contribution in [3.63, 3.8) is 0 Å². The van der Waals surface area contributed by atoms with Crippen LogP contribution in [0.3, 0.4) is 0 Å². The number of aryl methyl sites for hydroxylation is 1. The van der Waals surface area contributed by atoms with Crippen LogP contribution in [-0.4, -0.2) is 32.0 Å². The van der Waals surface area contributed by atoms with E-state index in [1.54, 1.807) is 12.1 Å². The van der Waals surface area contributed by atoms with Crippen molar-refractivity contribution in [2.45, 2.75) is 75.8 Å². The number of rotatable bonds is 9. The Hall–Kier alpha value is -1.21. The monoisotopic (exact) mass is 368 g/mol. The summed E-state index contributed by atoms with van der Waals surface area (Å²) in [4.78, 5) is 0.119. The van der Waals surface area contributed by atoms with Crippen molar-refractivity contribution in [3.8, 4) is 0 Å². The predicted molar refractivity (Wildman–Crippen MR) is 96.6 cm³/mol. The number of unbranched alkanes of at least 4 members (excludes halogenated alkanes) is 3. The van der Waals surface area contributed by atoms with Gasteiger partial charge in [-0.15, -0.1) is 0 Å². The van der Waals surface area contributed by atoms with Gasteiger partial charge in [0, 0.05) is 6.42 Å². The molecule has 1 aromatic rings. The molecular formula is C19H28O5S. The lowest BCUT2D eigenvalue weighted by Crippen LogP contribution is -2.27. The number of allylic oxidation sites excluding steroid dienone is 1. The zero-order valence-corrected chi connectivity index (χ0v) is 15.7. The molecular weight excluding hydrogens is 340 g/mol. The fraction of sp³-hybridized carbons (Fsp3) is 0.579. The summed E-state index contributed by atoms with van der Waals surface area (Å²) in [7, 11) is -3.87. The topological polar surface area (TPSA) is 72.8 Å². The second kappa shape index (κ2) is 9.48. The Morgan fingerprint density at radius 3 is 2.64 bits per heavy atom. The minimum Gasteiger partial charge on any atom is -0.368 e. The van der Waals surface area contributed by atoms with Gasteiger partial charge in [0.15, 0.2) is 6.29 Å². The zero-order valence-electron chi connectivity index (χ0n) is 14.9. The molecule has 1 unspecified atom stereocenters. The van der Waals surface area contributed by atoms with Crippen molar-refractivity contribution in [1.82, 2.24) is 0 Å². The average molecular weight is 368 g/mol. The molecule has 0 amide bonds. The Morgan fingerprint density at radius 1 is 1.24 bits per heavy atom. The average Bonchev–Trinajstić information content (AvgIpc) is 2.90. The molecule has 0 radical (unpaired) electrons. The highest BCUT2D eigenvalue weighted by atomic mass is 32.2. The molecule has 6 heteroatoms. The molecule has 140 valence electrons. The van der Waals surface area contributed by atoms with E-state index in [4.69, 9.17) is 8.92 Å². The molecule has 0 saturated carbocycles. The van der Waals surface area contributed by atoms with E-state index in [-0.39, 0.29) is 11.3 Å². The molecule has 1 N–H and O–H groups in total. The van der Waals surface area contributed by atoms with Crippen molar-refractivity contribution in [1.29, 1.82) is 0 Å². The summed E-state index contributed by atoms with van der Waals surface area (Å²) in [5, 5.41) is 9.73. The third-order valence-corrected chi connectivity index (χ3v) is 5.60. The predicted octanol–water partition coefficient (Wildman–Crippen LogP) is 3.70. The Bertz CT molecular complexity index is 651. The lowest BCUT2D eigenvalue weighted by molar-refractivity contribution is -0.0925. The van der Waals surface area contributed by atoms with Gasteiger partial charge in [-0.3, -0.25) is 4.18 Å². The van der Waals surface area contributed by atoms with Crippen LogP contribution in [0.15, 0.2) is 41.3 Å². The molecule has 0 bridgehead atoms. The molecule has 1 aliphatic heterocycles. The first-order valence-electron chi connectivity index (χ1n) is 8.91. The van der Waals surface area contributed by atoms with Crippen molar-refractivity contribution in [3.05, 3.63) is 42.0 Å². The first kappa shape index (κ1) is 20.1. The molecule has 0 spiro atoms. The van der Waals surface area contributed by atoms with Gasteiger partial charge in [0.25, 0.3) is 10.1 Å². The first-order chi connectivity index (χ1) is 11.9. The Balaban J connectivity index is 1.95. The SMILES string of the molecule is CCCCC/C=C\C[C@H]1OC(O)C[C@@H]1OS(=O)(=O)c1ccc(C)cc1. The molecule has 1 saturated heterocycles. The van der Waals surface area contributed by atoms with E-state index in [9.17, 15) is 13.5 Å². The van der Waals surface area contributed by atoms with Crippen LogP contribution in [0.1, 0.15) is 51.0 Å². The fourth-order valence-electron chi connectivity index (χ4n) is 2.79. The summed E-state index contributed by atoms with van der Waals surface area (Å²) in [5.74, 6) is 0. The quantitative estimate of drug-likeness (QED) is 0.409. The molecule has 25 heavy (non-hydrogen) atoms. The zero-order chi connectivity index (χ0) is 18.3. The maximum Gasteiger partial charge on any atom is 0.297 e. The Labute approximate surface area is 150 Å². The number of aliphatic hydroxyl groups is 1. The van der Waals surface area contributed by atoms with E-state index in [1.165, 1.54) is 25.0 Å². The second-order valence-electron chi connectivity index (χ2n) is 6.47. The molecule has 1 aromatic carbocycles. The summed E-state index contributed by atoms with van der Waals surface area (Å²) >= 11 is 0. The lowest BCUT2D eigenvalue weighted by atomic mass is 10.1. The number of ether oxygens (including phenoxy) is 1. The smallest absolute Gasteiger partial charge is 0.297 e. The van der Waals surface area contributed by atoms with Gasteiger partial charge in [0.2, 0.25) is 0 Å². The Kier molecular flexibility index (Phi) is 7.62. The first-order valence-corrected chi connectivity index (χ1v) is 10.3. The summed E-state index contributed by atoms with van der Waals surface area (Å²) < 4.78 is 35.6. The van der Waals surface area contributed by atoms with E-state index < -0.39 is 28.6 Å². The van der Waals surface area contributed by atoms with Gasteiger partial charge in [-0.1, -0.05) is 49.6 Å². The van der Waals surface area contributed by atoms with E-state index in [0.717, 1.165) is 18.4 Å². The maximum atomic E-state index is 12.4. The summed E-state index contributed by atoms with van der Waals surface area (Å²) in [5.41, 5.74) is 0.977. The number of benzene rings is 1. The van der Waals surface area contributed by atoms with Crippen LogP contribution < -0.4 is 0 Å². The molecule has 1 aliphatic rings. The van der Waals surface area contributed by atoms with Gasteiger partial charge >= 0.3 is 0 Å². The van der Waals surface area contributed by atoms with Crippen molar-refractivity contribution in [2.75, 3.05) is 0 Å². The van der Waals surface area contributed by atoms with Gasteiger partial charge in [0.1, 0.15) is 6.10 Å². The molecule has 0 aromatic heterocycles. The molecule has 1 heterocycles. The molecule has 5 nitrogen and oxygen atoms in total. The van der Waals surface area contributed by atoms with Gasteiger partial charge in [0.05, 0.1) is 11.0 Å². The highest BCUT2D eigenvalue weighted by Crippen LogP contribution is 2.28. The van der Waals surface area contributed by atoms with Crippen molar-refractivity contribution < 1.29 is 22.4 Å². The van der Waals surface area contributed by atoms with Crippen molar-refractivity contribution >= 4 is 10.1 Å². The third kappa shape index (κ3) is 6.22. The van der Waals surface area contributed by atoms with E-state index in [1.807, 2.05) is 13.0 Å². The van der Waals surface area contributed by atoms with Gasteiger partial charge in [-0.25, -0.2) is 0 Å². The molecule has 0 aliphatic carbocycles. The maximum absolute atomic E-state index is 12.4. The Morgan fingerprint density at radius 2 is 1.96 bits per heavy atom. The van der Waals surface area contributed by atoms with E-state index >= 15 is 0 Å². The highest BCUT2D eigenvalue weighted by Gasteiger charge is 2.37. The van der Waals surface area contributed by atoms with Crippen LogP contribution in [0.5, 0.6) is 0 Å². The highest BCUT2D eigenvalue weighted by molar-refractivity contribution is 7.86. The van der Waals surface area contributed by atoms with Gasteiger partial charge < -0.3 is 9.84 Å². The van der Waals surface area contributed by atoms with Crippen LogP contribution in [0, 0.1) is 6.92 Å². The number of aliphatic hydroxyl groups excluding tert-OH is 1. The number of hydrogen-bond acceptors (Lipinski definition) is 5. The second-order valence-corrected chi connectivity index (χ2v) is 8.04. The minimum atomic E-state index is -3.87. The van der Waals surface area contributed by atoms with E-state index in [2.05, 4.69) is 13.0 Å². The molecule has 3 atom stereocenters. The van der Waals surface area contributed by atoms with Crippen molar-refractivity contribution in [2.24, 2.45) is 0 Å². The fourth-order valence-corrected chi connectivity index (χ4v) is 3.90. The van der Waals surface area contributed by atoms with E-state index in [0.29, 0.717) is 6.42 Å². The molecule has 1 fully saturated rings. The van der Waals surface area contributed by atoms with Crippen LogP contribution in [0.25, 0.3) is 0 Å². The molecule has 2 rings (SSSR count). The van der Waals surface area contributed by atoms with Crippen LogP contribution >= 0.6 is 0 Å². The number of hydrogen-bond donors (Lipinski definition) is 1. The third-order valence-electron chi connectivity index (χ3n) is 4.25. The largest absolute Gasteiger partial charge is 0.368 e. The van der Waals surface area contributed by atoms with Gasteiger partial charge in [-0.2, -0.15) is 8.42 Å². The summed E-state index contributed by atoms with van der Waals surface area (Å²) in [6.45, 7) is 4.05. The van der Waals surface area contributed by atoms with Crippen LogP contribution in [0.4, 0.5) is 0 Å². The lowest BCUT2D eigenvalue weighted by Gasteiger charge is -2.17. The summed E-state index contributed by atoms with van der Waals surface area (Å²) in [6.07, 6.45) is 7.12. The van der Waals surface area contributed by atoms with Crippen LogP contribution in [-0.2, 0) is 19.0 Å².